The summed E-state index contributed by atoms with van der Waals surface area (Å²) >= 11 is 0. The largest absolute Gasteiger partial charge is 0.352 e. The van der Waals surface area contributed by atoms with Crippen molar-refractivity contribution in [2.75, 3.05) is 39.0 Å². The predicted molar refractivity (Wildman–Crippen MR) is 87.0 cm³/mol. The molecular weight excluding hydrogens is 302 g/mol. The monoisotopic (exact) mass is 331 g/mol. The van der Waals surface area contributed by atoms with E-state index in [1.54, 1.807) is 0 Å². The average molecular weight is 331 g/mol. The Morgan fingerprint density at radius 1 is 1.09 bits per heavy atom. The summed E-state index contributed by atoms with van der Waals surface area (Å²) in [5.41, 5.74) is 0. The smallest absolute Gasteiger partial charge is 0.234 e. The molecule has 2 fully saturated rings. The number of amides is 1. The van der Waals surface area contributed by atoms with Crippen LogP contribution in [0.3, 0.4) is 0 Å². The topological polar surface area (TPSA) is 69.7 Å². The van der Waals surface area contributed by atoms with Crippen LogP contribution in [0.5, 0.6) is 0 Å². The number of nitrogens with zero attached hydrogens (tertiary/aromatic N) is 2. The Morgan fingerprint density at radius 3 is 2.50 bits per heavy atom. The zero-order chi connectivity index (χ0) is 16.2. The number of sulfonamides is 1. The summed E-state index contributed by atoms with van der Waals surface area (Å²) in [6, 6.07) is 0.306. The molecule has 0 spiro atoms. The third kappa shape index (κ3) is 5.21. The van der Waals surface area contributed by atoms with Gasteiger partial charge in [-0.1, -0.05) is 19.8 Å². The van der Waals surface area contributed by atoms with Crippen molar-refractivity contribution in [3.8, 4) is 0 Å². The molecule has 0 aromatic heterocycles. The van der Waals surface area contributed by atoms with E-state index in [9.17, 15) is 13.2 Å². The highest BCUT2D eigenvalue weighted by atomic mass is 32.2. The molecule has 1 saturated heterocycles. The van der Waals surface area contributed by atoms with E-state index in [-0.39, 0.29) is 5.91 Å². The number of hydrogen-bond donors (Lipinski definition) is 1. The fourth-order valence-corrected chi connectivity index (χ4v) is 4.30. The second kappa shape index (κ2) is 7.75. The first-order chi connectivity index (χ1) is 10.4. The standard InChI is InChI=1S/C15H29N3O3S/c1-13-6-3-4-7-14(13)16-15(19)12-17-8-5-9-18(11-10-17)22(2,20)21/h13-14H,3-12H2,1-2H3,(H,16,19)/t13-,14+/m0/s1. The van der Waals surface area contributed by atoms with Gasteiger partial charge in [-0.2, -0.15) is 0 Å². The third-order valence-electron chi connectivity index (χ3n) is 4.84. The van der Waals surface area contributed by atoms with Gasteiger partial charge >= 0.3 is 0 Å². The van der Waals surface area contributed by atoms with Crippen molar-refractivity contribution in [1.82, 2.24) is 14.5 Å². The van der Waals surface area contributed by atoms with Crippen LogP contribution in [0.25, 0.3) is 0 Å². The molecule has 7 heteroatoms. The summed E-state index contributed by atoms with van der Waals surface area (Å²) in [7, 11) is -3.12. The van der Waals surface area contributed by atoms with Crippen molar-refractivity contribution < 1.29 is 13.2 Å². The van der Waals surface area contributed by atoms with E-state index in [2.05, 4.69) is 17.1 Å². The minimum Gasteiger partial charge on any atom is -0.352 e. The van der Waals surface area contributed by atoms with Crippen molar-refractivity contribution in [2.45, 2.75) is 45.1 Å². The van der Waals surface area contributed by atoms with Crippen LogP contribution in [0.2, 0.25) is 0 Å². The van der Waals surface area contributed by atoms with Crippen LogP contribution in [-0.2, 0) is 14.8 Å². The van der Waals surface area contributed by atoms with E-state index in [4.69, 9.17) is 0 Å². The number of carbonyl (C=O) groups excluding carboxylic acids is 1. The Hall–Kier alpha value is -0.660. The molecule has 2 atom stereocenters. The maximum absolute atomic E-state index is 12.2. The van der Waals surface area contributed by atoms with Crippen LogP contribution in [0.15, 0.2) is 0 Å². The predicted octanol–water partition coefficient (Wildman–Crippen LogP) is 0.649. The second-order valence-electron chi connectivity index (χ2n) is 6.73. The van der Waals surface area contributed by atoms with E-state index in [0.29, 0.717) is 38.1 Å². The van der Waals surface area contributed by atoms with Gasteiger partial charge < -0.3 is 5.32 Å². The number of carbonyl (C=O) groups is 1. The zero-order valence-electron chi connectivity index (χ0n) is 13.8. The highest BCUT2D eigenvalue weighted by molar-refractivity contribution is 7.88. The Bertz CT molecular complexity index is 480. The summed E-state index contributed by atoms with van der Waals surface area (Å²) in [6.45, 7) is 5.02. The molecular formula is C15H29N3O3S. The Balaban J connectivity index is 1.79. The molecule has 0 unspecified atom stereocenters. The zero-order valence-corrected chi connectivity index (χ0v) is 14.6. The maximum atomic E-state index is 12.2. The molecule has 0 aromatic rings. The molecule has 1 saturated carbocycles. The van der Waals surface area contributed by atoms with Crippen LogP contribution in [0.4, 0.5) is 0 Å². The highest BCUT2D eigenvalue weighted by Gasteiger charge is 2.25. The van der Waals surface area contributed by atoms with Crippen molar-refractivity contribution >= 4 is 15.9 Å². The van der Waals surface area contributed by atoms with Gasteiger partial charge in [0.1, 0.15) is 0 Å². The van der Waals surface area contributed by atoms with Gasteiger partial charge in [0.2, 0.25) is 15.9 Å². The highest BCUT2D eigenvalue weighted by Crippen LogP contribution is 2.23. The SMILES string of the molecule is C[C@H]1CCCC[C@H]1NC(=O)CN1CCCN(S(C)(=O)=O)CC1. The lowest BCUT2D eigenvalue weighted by Gasteiger charge is -2.30. The van der Waals surface area contributed by atoms with Crippen molar-refractivity contribution in [2.24, 2.45) is 5.92 Å². The molecule has 1 aliphatic heterocycles. The first kappa shape index (κ1) is 17.7. The Kier molecular flexibility index (Phi) is 6.23. The lowest BCUT2D eigenvalue weighted by Crippen LogP contribution is -2.46. The fourth-order valence-electron chi connectivity index (χ4n) is 3.42. The van der Waals surface area contributed by atoms with Crippen LogP contribution in [0, 0.1) is 5.92 Å². The van der Waals surface area contributed by atoms with Crippen LogP contribution >= 0.6 is 0 Å². The number of hydrogen-bond acceptors (Lipinski definition) is 4. The molecule has 1 aliphatic carbocycles. The van der Waals surface area contributed by atoms with Gasteiger partial charge in [-0.15, -0.1) is 0 Å². The number of nitrogens with one attached hydrogen (secondary N) is 1. The van der Waals surface area contributed by atoms with Gasteiger partial charge in [0.25, 0.3) is 0 Å². The van der Waals surface area contributed by atoms with Crippen molar-refractivity contribution in [3.05, 3.63) is 0 Å². The quantitative estimate of drug-likeness (QED) is 0.821. The lowest BCUT2D eigenvalue weighted by molar-refractivity contribution is -0.123. The summed E-state index contributed by atoms with van der Waals surface area (Å²) in [5, 5.41) is 3.17. The molecule has 1 amide bonds. The van der Waals surface area contributed by atoms with Crippen LogP contribution in [-0.4, -0.2) is 68.6 Å². The Labute approximate surface area is 134 Å². The molecule has 0 aromatic carbocycles. The first-order valence-corrected chi connectivity index (χ1v) is 10.2. The first-order valence-electron chi connectivity index (χ1n) is 8.33. The summed E-state index contributed by atoms with van der Waals surface area (Å²) < 4.78 is 24.7. The van der Waals surface area contributed by atoms with Gasteiger partial charge in [-0.25, -0.2) is 12.7 Å². The summed E-state index contributed by atoms with van der Waals surface area (Å²) in [5.74, 6) is 0.633. The third-order valence-corrected chi connectivity index (χ3v) is 6.14. The van der Waals surface area contributed by atoms with Crippen molar-refractivity contribution in [1.29, 1.82) is 0 Å². The molecule has 1 heterocycles. The minimum absolute atomic E-state index is 0.0755. The van der Waals surface area contributed by atoms with E-state index < -0.39 is 10.0 Å². The van der Waals surface area contributed by atoms with E-state index in [1.165, 1.54) is 29.8 Å². The van der Waals surface area contributed by atoms with E-state index >= 15 is 0 Å². The minimum atomic E-state index is -3.12. The Morgan fingerprint density at radius 2 is 1.82 bits per heavy atom. The van der Waals surface area contributed by atoms with E-state index in [0.717, 1.165) is 19.4 Å². The van der Waals surface area contributed by atoms with Gasteiger partial charge in [0.05, 0.1) is 12.8 Å². The average Bonchev–Trinajstić information content (AvgIpc) is 2.66. The van der Waals surface area contributed by atoms with Gasteiger partial charge in [-0.3, -0.25) is 9.69 Å². The molecule has 0 radical (unpaired) electrons. The fraction of sp³-hybridized carbons (Fsp3) is 0.933. The number of rotatable bonds is 4. The van der Waals surface area contributed by atoms with Crippen LogP contribution in [0.1, 0.15) is 39.0 Å². The van der Waals surface area contributed by atoms with Crippen LogP contribution < -0.4 is 5.32 Å². The summed E-state index contributed by atoms with van der Waals surface area (Å²) in [4.78, 5) is 14.3. The summed E-state index contributed by atoms with van der Waals surface area (Å²) in [6.07, 6.45) is 6.76. The van der Waals surface area contributed by atoms with Gasteiger partial charge in [-0.05, 0) is 31.7 Å². The second-order valence-corrected chi connectivity index (χ2v) is 8.71. The van der Waals surface area contributed by atoms with Crippen molar-refractivity contribution in [3.63, 3.8) is 0 Å². The molecule has 0 bridgehead atoms. The molecule has 128 valence electrons. The molecule has 22 heavy (non-hydrogen) atoms. The van der Waals surface area contributed by atoms with E-state index in [1.807, 2.05) is 0 Å². The van der Waals surface area contributed by atoms with Gasteiger partial charge in [0, 0.05) is 25.7 Å². The maximum Gasteiger partial charge on any atom is 0.234 e. The molecule has 1 N–H and O–H groups in total. The van der Waals surface area contributed by atoms with Gasteiger partial charge in [0.15, 0.2) is 0 Å². The normalized spacial score (nSPS) is 29.0. The molecule has 2 rings (SSSR count). The lowest BCUT2D eigenvalue weighted by atomic mass is 9.86. The molecule has 2 aliphatic rings. The molecule has 6 nitrogen and oxygen atoms in total.